The van der Waals surface area contributed by atoms with Crippen molar-refractivity contribution >= 4 is 5.97 Å². The number of carbonyl (C=O) groups excluding carboxylic acids is 1. The van der Waals surface area contributed by atoms with Gasteiger partial charge in [-0.25, -0.2) is 0 Å². The molecule has 94 valence electrons. The van der Waals surface area contributed by atoms with E-state index in [0.717, 1.165) is 17.8 Å². The third-order valence-corrected chi connectivity index (χ3v) is 2.50. The molecule has 0 unspecified atom stereocenters. The third kappa shape index (κ3) is 2.74. The number of para-hydroxylation sites is 1. The van der Waals surface area contributed by atoms with E-state index in [0.29, 0.717) is 5.69 Å². The number of aromatic nitrogens is 3. The highest BCUT2D eigenvalue weighted by atomic mass is 16.5. The first kappa shape index (κ1) is 12.3. The van der Waals surface area contributed by atoms with Gasteiger partial charge in [0, 0.05) is 6.92 Å². The predicted octanol–water partition coefficient (Wildman–Crippen LogP) is 1.89. The molecule has 0 N–H and O–H groups in total. The number of hydrogen-bond acceptors (Lipinski definition) is 4. The van der Waals surface area contributed by atoms with E-state index in [-0.39, 0.29) is 12.6 Å². The lowest BCUT2D eigenvalue weighted by Crippen LogP contribution is -2.02. The van der Waals surface area contributed by atoms with Crippen molar-refractivity contribution in [1.82, 2.24) is 15.0 Å². The molecule has 0 spiro atoms. The van der Waals surface area contributed by atoms with Gasteiger partial charge in [-0.2, -0.15) is 9.90 Å². The number of ether oxygens (including phenoxy) is 1. The molecular formula is C13H15N3O2. The van der Waals surface area contributed by atoms with Crippen LogP contribution < -0.4 is 0 Å². The minimum Gasteiger partial charge on any atom is -0.459 e. The fourth-order valence-corrected chi connectivity index (χ4v) is 1.60. The number of carbonyl (C=O) groups is 1. The minimum atomic E-state index is -0.314. The van der Waals surface area contributed by atoms with Crippen molar-refractivity contribution in [3.8, 4) is 5.69 Å². The maximum atomic E-state index is 10.8. The Labute approximate surface area is 105 Å². The van der Waals surface area contributed by atoms with Crippen molar-refractivity contribution < 1.29 is 9.53 Å². The van der Waals surface area contributed by atoms with Crippen LogP contribution in [0.2, 0.25) is 0 Å². The van der Waals surface area contributed by atoms with Gasteiger partial charge in [-0.1, -0.05) is 25.1 Å². The van der Waals surface area contributed by atoms with Crippen molar-refractivity contribution in [1.29, 1.82) is 0 Å². The zero-order valence-corrected chi connectivity index (χ0v) is 10.5. The average molecular weight is 245 g/mol. The van der Waals surface area contributed by atoms with Crippen molar-refractivity contribution in [2.45, 2.75) is 26.9 Å². The molecule has 0 aliphatic heterocycles. The van der Waals surface area contributed by atoms with Crippen LogP contribution in [0.25, 0.3) is 5.69 Å². The van der Waals surface area contributed by atoms with E-state index in [1.807, 2.05) is 37.3 Å². The lowest BCUT2D eigenvalue weighted by molar-refractivity contribution is -0.142. The number of aryl methyl sites for hydroxylation is 1. The Morgan fingerprint density at radius 1 is 1.22 bits per heavy atom. The Morgan fingerprint density at radius 2 is 1.89 bits per heavy atom. The highest BCUT2D eigenvalue weighted by Gasteiger charge is 2.11. The molecule has 2 aromatic rings. The molecule has 2 rings (SSSR count). The van der Waals surface area contributed by atoms with Gasteiger partial charge in [-0.3, -0.25) is 4.79 Å². The van der Waals surface area contributed by atoms with Crippen molar-refractivity contribution in [3.63, 3.8) is 0 Å². The Bertz CT molecular complexity index is 534. The highest BCUT2D eigenvalue weighted by molar-refractivity contribution is 5.65. The summed E-state index contributed by atoms with van der Waals surface area (Å²) >= 11 is 0. The van der Waals surface area contributed by atoms with E-state index < -0.39 is 0 Å². The summed E-state index contributed by atoms with van der Waals surface area (Å²) in [6.45, 7) is 3.55. The van der Waals surface area contributed by atoms with Crippen LogP contribution in [0.15, 0.2) is 30.3 Å². The molecule has 0 radical (unpaired) electrons. The molecule has 1 heterocycles. The fourth-order valence-electron chi connectivity index (χ4n) is 1.60. The lowest BCUT2D eigenvalue weighted by atomic mass is 10.3. The molecule has 0 bridgehead atoms. The second-order valence-corrected chi connectivity index (χ2v) is 3.85. The number of hydrogen-bond donors (Lipinski definition) is 0. The first-order valence-electron chi connectivity index (χ1n) is 5.84. The topological polar surface area (TPSA) is 57.0 Å². The Hall–Kier alpha value is -2.17. The summed E-state index contributed by atoms with van der Waals surface area (Å²) < 4.78 is 4.96. The largest absolute Gasteiger partial charge is 0.459 e. The zero-order valence-electron chi connectivity index (χ0n) is 10.5. The molecule has 0 saturated heterocycles. The second-order valence-electron chi connectivity index (χ2n) is 3.85. The van der Waals surface area contributed by atoms with Crippen molar-refractivity contribution in [2.75, 3.05) is 0 Å². The number of nitrogens with zero attached hydrogens (tertiary/aromatic N) is 3. The van der Waals surface area contributed by atoms with E-state index in [9.17, 15) is 4.79 Å². The van der Waals surface area contributed by atoms with Crippen LogP contribution in [0.5, 0.6) is 0 Å². The molecular weight excluding hydrogens is 230 g/mol. The number of rotatable bonds is 4. The van der Waals surface area contributed by atoms with Crippen molar-refractivity contribution in [2.24, 2.45) is 0 Å². The molecule has 0 fully saturated rings. The lowest BCUT2D eigenvalue weighted by Gasteiger charge is -1.98. The number of esters is 1. The summed E-state index contributed by atoms with van der Waals surface area (Å²) in [5, 5.41) is 8.74. The summed E-state index contributed by atoms with van der Waals surface area (Å²) in [4.78, 5) is 12.4. The van der Waals surface area contributed by atoms with E-state index in [1.165, 1.54) is 6.92 Å². The summed E-state index contributed by atoms with van der Waals surface area (Å²) in [6.07, 6.45) is 0.753. The molecule has 5 nitrogen and oxygen atoms in total. The van der Waals surface area contributed by atoms with Gasteiger partial charge in [-0.05, 0) is 18.6 Å². The summed E-state index contributed by atoms with van der Waals surface area (Å²) in [5.41, 5.74) is 2.44. The summed E-state index contributed by atoms with van der Waals surface area (Å²) in [7, 11) is 0. The molecule has 5 heteroatoms. The molecule has 0 amide bonds. The molecule has 0 aliphatic carbocycles. The normalized spacial score (nSPS) is 10.3. The van der Waals surface area contributed by atoms with Crippen LogP contribution in [0.1, 0.15) is 25.2 Å². The molecule has 0 saturated carbocycles. The Balaban J connectivity index is 2.26. The molecule has 18 heavy (non-hydrogen) atoms. The molecule has 1 aromatic heterocycles. The SMILES string of the molecule is CCc1nn(-c2ccccc2)nc1COC(C)=O. The quantitative estimate of drug-likeness (QED) is 0.772. The van der Waals surface area contributed by atoms with Crippen LogP contribution in [-0.2, 0) is 22.6 Å². The highest BCUT2D eigenvalue weighted by Crippen LogP contribution is 2.10. The van der Waals surface area contributed by atoms with Gasteiger partial charge in [0.25, 0.3) is 0 Å². The molecule has 1 aromatic carbocycles. The van der Waals surface area contributed by atoms with Gasteiger partial charge < -0.3 is 4.74 Å². The number of benzene rings is 1. The van der Waals surface area contributed by atoms with Crippen molar-refractivity contribution in [3.05, 3.63) is 41.7 Å². The summed E-state index contributed by atoms with van der Waals surface area (Å²) in [6, 6.07) is 9.64. The van der Waals surface area contributed by atoms with E-state index in [4.69, 9.17) is 4.74 Å². The third-order valence-electron chi connectivity index (χ3n) is 2.50. The Kier molecular flexibility index (Phi) is 3.72. The van der Waals surface area contributed by atoms with Gasteiger partial charge >= 0.3 is 5.97 Å². The van der Waals surface area contributed by atoms with E-state index in [1.54, 1.807) is 4.80 Å². The first-order valence-corrected chi connectivity index (χ1v) is 5.84. The fraction of sp³-hybridized carbons (Fsp3) is 0.308. The molecule has 0 aliphatic rings. The van der Waals surface area contributed by atoms with Gasteiger partial charge in [0.1, 0.15) is 12.3 Å². The molecule has 0 atom stereocenters. The standard InChI is InChI=1S/C13H15N3O2/c1-3-12-13(9-18-10(2)17)15-16(14-12)11-7-5-4-6-8-11/h4-8H,3,9H2,1-2H3. The second kappa shape index (κ2) is 5.44. The smallest absolute Gasteiger partial charge is 0.303 e. The predicted molar refractivity (Wildman–Crippen MR) is 66.2 cm³/mol. The summed E-state index contributed by atoms with van der Waals surface area (Å²) in [5.74, 6) is -0.314. The van der Waals surface area contributed by atoms with E-state index in [2.05, 4.69) is 10.2 Å². The van der Waals surface area contributed by atoms with Crippen LogP contribution in [-0.4, -0.2) is 21.0 Å². The zero-order chi connectivity index (χ0) is 13.0. The maximum Gasteiger partial charge on any atom is 0.303 e. The van der Waals surface area contributed by atoms with Gasteiger partial charge in [0.05, 0.1) is 11.4 Å². The minimum absolute atomic E-state index is 0.172. The average Bonchev–Trinajstić information content (AvgIpc) is 2.80. The van der Waals surface area contributed by atoms with E-state index >= 15 is 0 Å². The van der Waals surface area contributed by atoms with Crippen LogP contribution in [0.3, 0.4) is 0 Å². The van der Waals surface area contributed by atoms with Gasteiger partial charge in [0.15, 0.2) is 0 Å². The van der Waals surface area contributed by atoms with Crippen LogP contribution in [0, 0.1) is 0 Å². The van der Waals surface area contributed by atoms with Crippen LogP contribution in [0.4, 0.5) is 0 Å². The van der Waals surface area contributed by atoms with Gasteiger partial charge in [0.2, 0.25) is 0 Å². The first-order chi connectivity index (χ1) is 8.70. The maximum absolute atomic E-state index is 10.8. The van der Waals surface area contributed by atoms with Crippen LogP contribution >= 0.6 is 0 Å². The Morgan fingerprint density at radius 3 is 2.50 bits per heavy atom. The monoisotopic (exact) mass is 245 g/mol. The van der Waals surface area contributed by atoms with Gasteiger partial charge in [-0.15, -0.1) is 5.10 Å².